The summed E-state index contributed by atoms with van der Waals surface area (Å²) in [6, 6.07) is 6.20. The number of nitrogens with zero attached hydrogens (tertiary/aromatic N) is 1. The van der Waals surface area contributed by atoms with Gasteiger partial charge in [-0.15, -0.1) is 0 Å². The van der Waals surface area contributed by atoms with Crippen molar-refractivity contribution < 1.29 is 27.1 Å². The van der Waals surface area contributed by atoms with Gasteiger partial charge in [-0.3, -0.25) is 4.79 Å². The first-order chi connectivity index (χ1) is 13.6. The Kier molecular flexibility index (Phi) is 4.60. The van der Waals surface area contributed by atoms with Crippen molar-refractivity contribution in [2.24, 2.45) is 0 Å². The lowest BCUT2D eigenvalue weighted by atomic mass is 9.44. The van der Waals surface area contributed by atoms with Crippen molar-refractivity contribution in [3.63, 3.8) is 0 Å². The number of hydrogen-bond donors (Lipinski definition) is 2. The summed E-state index contributed by atoms with van der Waals surface area (Å²) in [5.74, 6) is -0.757. The summed E-state index contributed by atoms with van der Waals surface area (Å²) < 4.78 is 56.3. The van der Waals surface area contributed by atoms with Crippen molar-refractivity contribution >= 4 is 23.2 Å². The lowest BCUT2D eigenvalue weighted by Crippen LogP contribution is -2.81. The lowest BCUT2D eigenvalue weighted by Gasteiger charge is -2.70. The van der Waals surface area contributed by atoms with Gasteiger partial charge >= 0.3 is 6.18 Å². The highest BCUT2D eigenvalue weighted by atomic mass is 35.5. The van der Waals surface area contributed by atoms with Crippen molar-refractivity contribution in [1.29, 1.82) is 0 Å². The number of alkyl halides is 3. The molecule has 2 aromatic rings. The molecule has 154 valence electrons. The molecule has 1 aromatic heterocycles. The standard InChI is InChI=1S/C19H16ClF4N3O2/c20-13-3-2-12(5-14(13)21)29-7-16(28)27-18-8-17(9-18,10-18)26-11-1-4-15(25-6-11)19(22,23)24/h1-6,26H,7-10H2,(H,27,28). The summed E-state index contributed by atoms with van der Waals surface area (Å²) in [7, 11) is 0. The van der Waals surface area contributed by atoms with E-state index in [1.807, 2.05) is 0 Å². The molecule has 5 nitrogen and oxygen atoms in total. The first kappa shape index (κ1) is 19.8. The highest BCUT2D eigenvalue weighted by Gasteiger charge is 2.68. The average Bonchev–Trinajstić information content (AvgIpc) is 2.59. The third-order valence-corrected chi connectivity index (χ3v) is 5.47. The van der Waals surface area contributed by atoms with Crippen LogP contribution in [-0.2, 0) is 11.0 Å². The number of benzene rings is 1. The van der Waals surface area contributed by atoms with Crippen molar-refractivity contribution in [2.45, 2.75) is 36.5 Å². The van der Waals surface area contributed by atoms with Gasteiger partial charge < -0.3 is 15.4 Å². The number of anilines is 1. The third kappa shape index (κ3) is 3.96. The van der Waals surface area contributed by atoms with Gasteiger partial charge in [-0.2, -0.15) is 13.2 Å². The smallest absolute Gasteiger partial charge is 0.433 e. The summed E-state index contributed by atoms with van der Waals surface area (Å²) in [6.45, 7) is -0.258. The molecule has 0 spiro atoms. The molecule has 2 bridgehead atoms. The first-order valence-electron chi connectivity index (χ1n) is 8.79. The number of pyridine rings is 1. The van der Waals surface area contributed by atoms with Gasteiger partial charge in [-0.1, -0.05) is 11.6 Å². The Morgan fingerprint density at radius 1 is 1.17 bits per heavy atom. The maximum absolute atomic E-state index is 13.4. The maximum atomic E-state index is 13.4. The highest BCUT2D eigenvalue weighted by molar-refractivity contribution is 6.30. The van der Waals surface area contributed by atoms with Gasteiger partial charge in [0.1, 0.15) is 17.3 Å². The Morgan fingerprint density at radius 2 is 1.90 bits per heavy atom. The fourth-order valence-corrected chi connectivity index (χ4v) is 4.16. The molecule has 10 heteroatoms. The van der Waals surface area contributed by atoms with Gasteiger partial charge in [0.05, 0.1) is 16.9 Å². The van der Waals surface area contributed by atoms with E-state index < -0.39 is 17.7 Å². The molecule has 29 heavy (non-hydrogen) atoms. The monoisotopic (exact) mass is 429 g/mol. The predicted octanol–water partition coefficient (Wildman–Crippen LogP) is 4.18. The lowest BCUT2D eigenvalue weighted by molar-refractivity contribution is -0.141. The largest absolute Gasteiger partial charge is 0.484 e. The maximum Gasteiger partial charge on any atom is 0.433 e. The van der Waals surface area contributed by atoms with E-state index in [1.54, 1.807) is 0 Å². The molecule has 1 heterocycles. The zero-order valence-electron chi connectivity index (χ0n) is 14.9. The van der Waals surface area contributed by atoms with Gasteiger partial charge in [0, 0.05) is 17.1 Å². The van der Waals surface area contributed by atoms with E-state index in [0.717, 1.165) is 18.3 Å². The van der Waals surface area contributed by atoms with Crippen molar-refractivity contribution in [2.75, 3.05) is 11.9 Å². The van der Waals surface area contributed by atoms with Crippen LogP contribution in [0.5, 0.6) is 5.75 Å². The molecule has 3 aliphatic carbocycles. The predicted molar refractivity (Wildman–Crippen MR) is 97.2 cm³/mol. The van der Waals surface area contributed by atoms with E-state index in [0.29, 0.717) is 24.9 Å². The second-order valence-corrected chi connectivity index (χ2v) is 7.97. The van der Waals surface area contributed by atoms with Crippen LogP contribution in [0.1, 0.15) is 25.0 Å². The number of amides is 1. The van der Waals surface area contributed by atoms with Gasteiger partial charge in [0.15, 0.2) is 6.61 Å². The molecule has 0 unspecified atom stereocenters. The molecule has 2 N–H and O–H groups in total. The van der Waals surface area contributed by atoms with Gasteiger partial charge in [-0.25, -0.2) is 9.37 Å². The normalized spacial score (nSPS) is 24.9. The van der Waals surface area contributed by atoms with Crippen LogP contribution in [0, 0.1) is 5.82 Å². The van der Waals surface area contributed by atoms with Crippen molar-refractivity contribution in [3.8, 4) is 5.75 Å². The van der Waals surface area contributed by atoms with Crippen LogP contribution in [0.3, 0.4) is 0 Å². The molecule has 0 atom stereocenters. The first-order valence-corrected chi connectivity index (χ1v) is 9.16. The molecule has 5 rings (SSSR count). The van der Waals surface area contributed by atoms with Crippen LogP contribution in [0.25, 0.3) is 0 Å². The van der Waals surface area contributed by atoms with Gasteiger partial charge in [0.25, 0.3) is 5.91 Å². The second-order valence-electron chi connectivity index (χ2n) is 7.56. The molecule has 3 saturated carbocycles. The van der Waals surface area contributed by atoms with Crippen LogP contribution in [-0.4, -0.2) is 28.6 Å². The summed E-state index contributed by atoms with van der Waals surface area (Å²) in [6.07, 6.45) is -1.34. The molecular formula is C19H16ClF4N3O2. The Labute approximate surface area is 168 Å². The minimum absolute atomic E-state index is 0.0308. The van der Waals surface area contributed by atoms with E-state index in [1.165, 1.54) is 18.2 Å². The van der Waals surface area contributed by atoms with Crippen molar-refractivity contribution in [1.82, 2.24) is 10.3 Å². The summed E-state index contributed by atoms with van der Waals surface area (Å²) in [4.78, 5) is 15.5. The molecular weight excluding hydrogens is 414 g/mol. The number of nitrogens with one attached hydrogen (secondary N) is 2. The summed E-state index contributed by atoms with van der Waals surface area (Å²) >= 11 is 5.59. The van der Waals surface area contributed by atoms with Crippen molar-refractivity contribution in [3.05, 3.63) is 53.1 Å². The summed E-state index contributed by atoms with van der Waals surface area (Å²) in [5, 5.41) is 6.08. The van der Waals surface area contributed by atoms with Crippen LogP contribution in [0.15, 0.2) is 36.5 Å². The number of carbonyl (C=O) groups excluding carboxylic acids is 1. The number of hydrogen-bond acceptors (Lipinski definition) is 4. The SMILES string of the molecule is O=C(COc1ccc(Cl)c(F)c1)NC12CC(Nc3ccc(C(F)(F)F)nc3)(C1)C2. The molecule has 0 radical (unpaired) electrons. The quantitative estimate of drug-likeness (QED) is 0.676. The zero-order chi connectivity index (χ0) is 20.9. The van der Waals surface area contributed by atoms with E-state index in [4.69, 9.17) is 16.3 Å². The summed E-state index contributed by atoms with van der Waals surface area (Å²) in [5.41, 5.74) is -1.01. The Hall–Kier alpha value is -2.55. The van der Waals surface area contributed by atoms with E-state index >= 15 is 0 Å². The number of carbonyl (C=O) groups is 1. The van der Waals surface area contributed by atoms with E-state index in [9.17, 15) is 22.4 Å². The molecule has 3 fully saturated rings. The zero-order valence-corrected chi connectivity index (χ0v) is 15.7. The fourth-order valence-electron chi connectivity index (χ4n) is 4.04. The molecule has 0 aliphatic heterocycles. The molecule has 3 aliphatic rings. The van der Waals surface area contributed by atoms with E-state index in [2.05, 4.69) is 15.6 Å². The Balaban J connectivity index is 1.24. The van der Waals surface area contributed by atoms with Crippen LogP contribution < -0.4 is 15.4 Å². The number of ether oxygens (including phenoxy) is 1. The Bertz CT molecular complexity index is 930. The number of rotatable bonds is 6. The fraction of sp³-hybridized carbons (Fsp3) is 0.368. The van der Waals surface area contributed by atoms with Crippen LogP contribution in [0.2, 0.25) is 5.02 Å². The van der Waals surface area contributed by atoms with Crippen LogP contribution >= 0.6 is 11.6 Å². The number of aromatic nitrogens is 1. The second kappa shape index (κ2) is 6.76. The minimum atomic E-state index is -4.47. The van der Waals surface area contributed by atoms with E-state index in [-0.39, 0.29) is 34.4 Å². The van der Waals surface area contributed by atoms with Gasteiger partial charge in [-0.05, 0) is 43.5 Å². The highest BCUT2D eigenvalue weighted by Crippen LogP contribution is 2.61. The third-order valence-electron chi connectivity index (χ3n) is 5.16. The average molecular weight is 430 g/mol. The van der Waals surface area contributed by atoms with Crippen LogP contribution in [0.4, 0.5) is 23.2 Å². The molecule has 1 amide bonds. The van der Waals surface area contributed by atoms with Gasteiger partial charge in [0.2, 0.25) is 0 Å². The molecule has 1 aromatic carbocycles. The molecule has 0 saturated heterocycles. The Morgan fingerprint density at radius 3 is 2.48 bits per heavy atom. The number of halogens is 5. The minimum Gasteiger partial charge on any atom is -0.484 e. The topological polar surface area (TPSA) is 63.2 Å².